The summed E-state index contributed by atoms with van der Waals surface area (Å²) in [5.74, 6) is -0.882. The van der Waals surface area contributed by atoms with Gasteiger partial charge >= 0.3 is 17.9 Å². The van der Waals surface area contributed by atoms with Gasteiger partial charge in [-0.1, -0.05) is 212 Å². The molecule has 0 bridgehead atoms. The third kappa shape index (κ3) is 45.0. The molecule has 0 fully saturated rings. The van der Waals surface area contributed by atoms with E-state index >= 15 is 0 Å². The van der Waals surface area contributed by atoms with Crippen LogP contribution in [0.4, 0.5) is 0 Å². The monoisotopic (exact) mass is 817 g/mol. The van der Waals surface area contributed by atoms with Crippen LogP contribution in [0, 0.1) is 0 Å². The summed E-state index contributed by atoms with van der Waals surface area (Å²) >= 11 is 0. The Bertz CT molecular complexity index is 942. The lowest BCUT2D eigenvalue weighted by Gasteiger charge is -2.18. The molecular weight excluding hydrogens is 721 g/mol. The molecule has 0 amide bonds. The van der Waals surface area contributed by atoms with Crippen molar-refractivity contribution >= 4 is 17.9 Å². The van der Waals surface area contributed by atoms with E-state index in [4.69, 9.17) is 14.2 Å². The van der Waals surface area contributed by atoms with E-state index in [0.29, 0.717) is 19.3 Å². The highest BCUT2D eigenvalue weighted by molar-refractivity contribution is 5.71. The molecule has 0 aliphatic heterocycles. The fraction of sp³-hybridized carbons (Fsp3) is 0.865. The van der Waals surface area contributed by atoms with Crippen molar-refractivity contribution in [3.8, 4) is 0 Å². The first-order valence-corrected chi connectivity index (χ1v) is 25.3. The number of unbranched alkanes of at least 4 members (excludes halogenated alkanes) is 31. The summed E-state index contributed by atoms with van der Waals surface area (Å²) in [5, 5.41) is 0. The maximum atomic E-state index is 12.8. The third-order valence-electron chi connectivity index (χ3n) is 11.2. The van der Waals surface area contributed by atoms with Crippen molar-refractivity contribution in [2.24, 2.45) is 0 Å². The quantitative estimate of drug-likeness (QED) is 0.0263. The summed E-state index contributed by atoms with van der Waals surface area (Å²) in [6.07, 6.45) is 53.0. The summed E-state index contributed by atoms with van der Waals surface area (Å²) in [4.78, 5) is 37.8. The number of rotatable bonds is 46. The van der Waals surface area contributed by atoms with Gasteiger partial charge in [-0.05, 0) is 64.2 Å². The molecule has 0 aromatic heterocycles. The second kappa shape index (κ2) is 47.6. The fourth-order valence-electron chi connectivity index (χ4n) is 7.32. The van der Waals surface area contributed by atoms with E-state index in [2.05, 4.69) is 45.1 Å². The van der Waals surface area contributed by atoms with Crippen molar-refractivity contribution < 1.29 is 28.6 Å². The van der Waals surface area contributed by atoms with Gasteiger partial charge in [0.05, 0.1) is 0 Å². The normalized spacial score (nSPS) is 12.1. The maximum Gasteiger partial charge on any atom is 0.306 e. The molecule has 0 heterocycles. The SMILES string of the molecule is CCC/C=C\CCCCCCCC(=O)OCC(COC(=O)CCCCCCC/C=C\CCCCCCCCC)OC(=O)CCCCCCCCCCCCCCCC. The highest BCUT2D eigenvalue weighted by Gasteiger charge is 2.19. The van der Waals surface area contributed by atoms with Crippen LogP contribution in [0.1, 0.15) is 271 Å². The predicted molar refractivity (Wildman–Crippen MR) is 247 cm³/mol. The van der Waals surface area contributed by atoms with Crippen molar-refractivity contribution in [1.29, 1.82) is 0 Å². The third-order valence-corrected chi connectivity index (χ3v) is 11.2. The molecule has 0 saturated heterocycles. The maximum absolute atomic E-state index is 12.8. The first-order valence-electron chi connectivity index (χ1n) is 25.3. The van der Waals surface area contributed by atoms with Crippen molar-refractivity contribution in [3.05, 3.63) is 24.3 Å². The Kier molecular flexibility index (Phi) is 45.8. The van der Waals surface area contributed by atoms with Crippen LogP contribution >= 0.6 is 0 Å². The molecule has 0 aromatic carbocycles. The molecule has 0 radical (unpaired) electrons. The minimum Gasteiger partial charge on any atom is -0.462 e. The molecular formula is C52H96O6. The molecule has 1 unspecified atom stereocenters. The molecule has 0 aliphatic rings. The molecule has 0 aromatic rings. The zero-order chi connectivity index (χ0) is 42.3. The Balaban J connectivity index is 4.33. The van der Waals surface area contributed by atoms with Crippen LogP contribution in [0.25, 0.3) is 0 Å². The van der Waals surface area contributed by atoms with Gasteiger partial charge in [0.25, 0.3) is 0 Å². The van der Waals surface area contributed by atoms with Gasteiger partial charge in [0.15, 0.2) is 6.10 Å². The van der Waals surface area contributed by atoms with E-state index in [1.54, 1.807) is 0 Å². The van der Waals surface area contributed by atoms with Gasteiger partial charge in [-0.3, -0.25) is 14.4 Å². The Morgan fingerprint density at radius 2 is 0.603 bits per heavy atom. The highest BCUT2D eigenvalue weighted by Crippen LogP contribution is 2.15. The van der Waals surface area contributed by atoms with E-state index in [9.17, 15) is 14.4 Å². The van der Waals surface area contributed by atoms with Gasteiger partial charge in [-0.25, -0.2) is 0 Å². The highest BCUT2D eigenvalue weighted by atomic mass is 16.6. The van der Waals surface area contributed by atoms with Crippen LogP contribution in [0.15, 0.2) is 24.3 Å². The minimum absolute atomic E-state index is 0.0749. The second-order valence-electron chi connectivity index (χ2n) is 17.1. The average molecular weight is 817 g/mol. The molecule has 6 heteroatoms. The summed E-state index contributed by atoms with van der Waals surface area (Å²) in [7, 11) is 0. The van der Waals surface area contributed by atoms with E-state index in [1.165, 1.54) is 154 Å². The van der Waals surface area contributed by atoms with Gasteiger partial charge in [0.2, 0.25) is 0 Å². The molecule has 58 heavy (non-hydrogen) atoms. The van der Waals surface area contributed by atoms with Crippen molar-refractivity contribution in [1.82, 2.24) is 0 Å². The lowest BCUT2D eigenvalue weighted by atomic mass is 10.0. The standard InChI is InChI=1S/C52H96O6/c1-4-7-10-13-16-19-22-24-26-27-29-30-33-36-39-42-45-51(54)57-48-49(47-56-50(53)44-41-38-35-32-21-18-15-12-9-6-3)58-52(55)46-43-40-37-34-31-28-25-23-20-17-14-11-8-5-2/h12,15,26-27,49H,4-11,13-14,16-25,28-48H2,1-3H3/b15-12-,27-26-. The van der Waals surface area contributed by atoms with Crippen LogP contribution in [0.3, 0.4) is 0 Å². The van der Waals surface area contributed by atoms with Gasteiger partial charge in [0, 0.05) is 19.3 Å². The van der Waals surface area contributed by atoms with Gasteiger partial charge in [-0.15, -0.1) is 0 Å². The number of carbonyl (C=O) groups is 3. The molecule has 0 spiro atoms. The van der Waals surface area contributed by atoms with Crippen LogP contribution in [-0.2, 0) is 28.6 Å². The zero-order valence-corrected chi connectivity index (χ0v) is 38.8. The van der Waals surface area contributed by atoms with Gasteiger partial charge in [-0.2, -0.15) is 0 Å². The predicted octanol–water partition coefficient (Wildman–Crippen LogP) is 16.4. The van der Waals surface area contributed by atoms with E-state index in [-0.39, 0.29) is 31.1 Å². The van der Waals surface area contributed by atoms with Crippen LogP contribution in [0.2, 0.25) is 0 Å². The number of hydrogen-bond donors (Lipinski definition) is 0. The van der Waals surface area contributed by atoms with Crippen molar-refractivity contribution in [2.45, 2.75) is 277 Å². The number of carbonyl (C=O) groups excluding carboxylic acids is 3. The smallest absolute Gasteiger partial charge is 0.306 e. The lowest BCUT2D eigenvalue weighted by molar-refractivity contribution is -0.167. The molecule has 0 saturated carbocycles. The molecule has 0 rings (SSSR count). The Hall–Kier alpha value is -2.11. The Morgan fingerprint density at radius 3 is 0.931 bits per heavy atom. The molecule has 340 valence electrons. The second-order valence-corrected chi connectivity index (χ2v) is 17.1. The van der Waals surface area contributed by atoms with Crippen LogP contribution in [0.5, 0.6) is 0 Å². The van der Waals surface area contributed by atoms with Crippen LogP contribution in [-0.4, -0.2) is 37.2 Å². The number of esters is 3. The number of ether oxygens (including phenoxy) is 3. The van der Waals surface area contributed by atoms with Crippen molar-refractivity contribution in [3.63, 3.8) is 0 Å². The van der Waals surface area contributed by atoms with Crippen LogP contribution < -0.4 is 0 Å². The molecule has 0 aliphatic carbocycles. The number of hydrogen-bond acceptors (Lipinski definition) is 6. The summed E-state index contributed by atoms with van der Waals surface area (Å²) < 4.78 is 16.8. The number of allylic oxidation sites excluding steroid dienone is 4. The first-order chi connectivity index (χ1) is 28.5. The summed E-state index contributed by atoms with van der Waals surface area (Å²) in [6, 6.07) is 0. The first kappa shape index (κ1) is 55.9. The molecule has 6 nitrogen and oxygen atoms in total. The van der Waals surface area contributed by atoms with E-state index < -0.39 is 6.10 Å². The van der Waals surface area contributed by atoms with Crippen molar-refractivity contribution in [2.75, 3.05) is 13.2 Å². The average Bonchev–Trinajstić information content (AvgIpc) is 3.22. The largest absolute Gasteiger partial charge is 0.462 e. The molecule has 0 N–H and O–H groups in total. The van der Waals surface area contributed by atoms with E-state index in [1.807, 2.05) is 0 Å². The van der Waals surface area contributed by atoms with Gasteiger partial charge in [0.1, 0.15) is 13.2 Å². The lowest BCUT2D eigenvalue weighted by Crippen LogP contribution is -2.30. The fourth-order valence-corrected chi connectivity index (χ4v) is 7.32. The zero-order valence-electron chi connectivity index (χ0n) is 38.8. The topological polar surface area (TPSA) is 78.9 Å². The van der Waals surface area contributed by atoms with Gasteiger partial charge < -0.3 is 14.2 Å². The summed E-state index contributed by atoms with van der Waals surface area (Å²) in [6.45, 7) is 6.58. The summed E-state index contributed by atoms with van der Waals surface area (Å²) in [5.41, 5.74) is 0. The Morgan fingerprint density at radius 1 is 0.328 bits per heavy atom. The molecule has 1 atom stereocenters. The Labute approximate surface area is 360 Å². The van der Waals surface area contributed by atoms with E-state index in [0.717, 1.165) is 77.0 Å². The minimum atomic E-state index is -0.772.